The van der Waals surface area contributed by atoms with Crippen molar-refractivity contribution in [1.82, 2.24) is 0 Å². The number of nitro groups is 1. The summed E-state index contributed by atoms with van der Waals surface area (Å²) in [4.78, 5) is 10.1. The van der Waals surface area contributed by atoms with Crippen LogP contribution in [0.4, 0.5) is 5.69 Å². The Bertz CT molecular complexity index is 395. The molecule has 0 heterocycles. The van der Waals surface area contributed by atoms with Crippen LogP contribution in [0.25, 0.3) is 0 Å². The van der Waals surface area contributed by atoms with Gasteiger partial charge in [-0.3, -0.25) is 10.1 Å². The fraction of sp³-hybridized carbons (Fsp3) is 0.333. The molecule has 0 bridgehead atoms. The number of hydrogen-bond acceptors (Lipinski definition) is 4. The normalized spacial score (nSPS) is 12.5. The molecule has 0 aliphatic rings. The van der Waals surface area contributed by atoms with E-state index in [9.17, 15) is 15.2 Å². The van der Waals surface area contributed by atoms with Crippen LogP contribution in [0.1, 0.15) is 24.9 Å². The zero-order chi connectivity index (χ0) is 11.6. The third-order valence-corrected chi connectivity index (χ3v) is 2.46. The molecule has 0 aliphatic heterocycles. The molecule has 3 N–H and O–H groups in total. The summed E-state index contributed by atoms with van der Waals surface area (Å²) in [6.07, 6.45) is 0.481. The van der Waals surface area contributed by atoms with Gasteiger partial charge >= 0.3 is 0 Å². The zero-order valence-corrected chi connectivity index (χ0v) is 8.86. The largest absolute Gasteiger partial charge is 0.506 e. The molecule has 0 saturated heterocycles. The van der Waals surface area contributed by atoms with Crippen LogP contribution < -0.4 is 5.73 Å². The molecular weight excluding hydrogens is 220 g/mol. The molecule has 0 fully saturated rings. The summed E-state index contributed by atoms with van der Waals surface area (Å²) in [5.74, 6) is -0.305. The number of nitrogens with two attached hydrogens (primary N) is 1. The Balaban J connectivity index is 3.41. The molecule has 0 saturated carbocycles. The van der Waals surface area contributed by atoms with Crippen molar-refractivity contribution in [2.45, 2.75) is 19.4 Å². The van der Waals surface area contributed by atoms with Crippen LogP contribution >= 0.6 is 11.6 Å². The Labute approximate surface area is 91.6 Å². The van der Waals surface area contributed by atoms with Crippen molar-refractivity contribution < 1.29 is 10.0 Å². The van der Waals surface area contributed by atoms with Crippen molar-refractivity contribution in [2.75, 3.05) is 0 Å². The van der Waals surface area contributed by atoms with Crippen LogP contribution in [0.15, 0.2) is 12.1 Å². The molecule has 6 heteroatoms. The highest BCUT2D eigenvalue weighted by atomic mass is 35.5. The van der Waals surface area contributed by atoms with Crippen LogP contribution in [0.2, 0.25) is 5.02 Å². The Hall–Kier alpha value is -1.33. The maximum atomic E-state index is 10.7. The first-order valence-corrected chi connectivity index (χ1v) is 4.78. The Morgan fingerprint density at radius 1 is 1.67 bits per heavy atom. The molecule has 0 spiro atoms. The number of hydrogen-bond donors (Lipinski definition) is 2. The van der Waals surface area contributed by atoms with Gasteiger partial charge in [0.2, 0.25) is 0 Å². The second kappa shape index (κ2) is 4.46. The lowest BCUT2D eigenvalue weighted by atomic mass is 10.0. The number of halogens is 1. The van der Waals surface area contributed by atoms with Gasteiger partial charge in [0, 0.05) is 12.1 Å². The van der Waals surface area contributed by atoms with Gasteiger partial charge in [-0.05, 0) is 12.5 Å². The van der Waals surface area contributed by atoms with E-state index in [2.05, 4.69) is 0 Å². The Morgan fingerprint density at radius 3 is 2.73 bits per heavy atom. The molecule has 1 atom stereocenters. The SMILES string of the molecule is CC[C@@H](N)c1c([N+](=O)[O-])ccc(Cl)c1O. The van der Waals surface area contributed by atoms with E-state index in [1.54, 1.807) is 6.92 Å². The van der Waals surface area contributed by atoms with Crippen LogP contribution in [0.5, 0.6) is 5.75 Å². The van der Waals surface area contributed by atoms with E-state index < -0.39 is 11.0 Å². The van der Waals surface area contributed by atoms with Gasteiger partial charge in [-0.15, -0.1) is 0 Å². The number of benzene rings is 1. The number of phenolic OH excluding ortho intramolecular Hbond substituents is 1. The Kier molecular flexibility index (Phi) is 3.49. The van der Waals surface area contributed by atoms with E-state index in [4.69, 9.17) is 17.3 Å². The fourth-order valence-corrected chi connectivity index (χ4v) is 1.46. The van der Waals surface area contributed by atoms with Crippen molar-refractivity contribution >= 4 is 17.3 Å². The minimum atomic E-state index is -0.593. The summed E-state index contributed by atoms with van der Waals surface area (Å²) < 4.78 is 0. The maximum Gasteiger partial charge on any atom is 0.277 e. The second-order valence-corrected chi connectivity index (χ2v) is 3.51. The minimum Gasteiger partial charge on any atom is -0.506 e. The third-order valence-electron chi connectivity index (χ3n) is 2.15. The maximum absolute atomic E-state index is 10.7. The van der Waals surface area contributed by atoms with Gasteiger partial charge in [-0.2, -0.15) is 0 Å². The van der Waals surface area contributed by atoms with Crippen molar-refractivity contribution in [2.24, 2.45) is 5.73 Å². The predicted molar refractivity (Wildman–Crippen MR) is 57.0 cm³/mol. The van der Waals surface area contributed by atoms with Gasteiger partial charge < -0.3 is 10.8 Å². The summed E-state index contributed by atoms with van der Waals surface area (Å²) >= 11 is 5.66. The lowest BCUT2D eigenvalue weighted by Crippen LogP contribution is -2.11. The average Bonchev–Trinajstić information content (AvgIpc) is 2.20. The molecule has 5 nitrogen and oxygen atoms in total. The number of aromatic hydroxyl groups is 1. The predicted octanol–water partition coefficient (Wildman–Crippen LogP) is 2.36. The van der Waals surface area contributed by atoms with E-state index in [1.807, 2.05) is 0 Å². The monoisotopic (exact) mass is 230 g/mol. The van der Waals surface area contributed by atoms with Gasteiger partial charge in [-0.1, -0.05) is 18.5 Å². The van der Waals surface area contributed by atoms with E-state index in [0.29, 0.717) is 6.42 Å². The van der Waals surface area contributed by atoms with Gasteiger partial charge in [0.25, 0.3) is 5.69 Å². The van der Waals surface area contributed by atoms with E-state index in [1.165, 1.54) is 12.1 Å². The molecule has 0 unspecified atom stereocenters. The minimum absolute atomic E-state index is 0.0690. The highest BCUT2D eigenvalue weighted by Crippen LogP contribution is 2.38. The topological polar surface area (TPSA) is 89.4 Å². The van der Waals surface area contributed by atoms with Crippen LogP contribution in [-0.2, 0) is 0 Å². The van der Waals surface area contributed by atoms with Crippen molar-refractivity contribution in [3.63, 3.8) is 0 Å². The summed E-state index contributed by atoms with van der Waals surface area (Å²) in [6, 6.07) is 1.93. The van der Waals surface area contributed by atoms with E-state index >= 15 is 0 Å². The lowest BCUT2D eigenvalue weighted by molar-refractivity contribution is -0.385. The summed E-state index contributed by atoms with van der Waals surface area (Å²) in [6.45, 7) is 1.77. The van der Waals surface area contributed by atoms with Crippen molar-refractivity contribution in [3.8, 4) is 5.75 Å². The number of nitrogens with zero attached hydrogens (tertiary/aromatic N) is 1. The Morgan fingerprint density at radius 2 is 2.27 bits per heavy atom. The van der Waals surface area contributed by atoms with Crippen molar-refractivity contribution in [3.05, 3.63) is 32.8 Å². The smallest absolute Gasteiger partial charge is 0.277 e. The fourth-order valence-electron chi connectivity index (χ4n) is 1.30. The molecule has 0 amide bonds. The van der Waals surface area contributed by atoms with Crippen LogP contribution in [0.3, 0.4) is 0 Å². The molecule has 0 aliphatic carbocycles. The average molecular weight is 231 g/mol. The first-order valence-electron chi connectivity index (χ1n) is 4.40. The molecule has 15 heavy (non-hydrogen) atoms. The summed E-state index contributed by atoms with van der Waals surface area (Å²) in [5, 5.41) is 20.4. The molecule has 1 aromatic carbocycles. The highest BCUT2D eigenvalue weighted by Gasteiger charge is 2.24. The van der Waals surface area contributed by atoms with Gasteiger partial charge in [0.1, 0.15) is 5.75 Å². The van der Waals surface area contributed by atoms with Gasteiger partial charge in [-0.25, -0.2) is 0 Å². The molecule has 82 valence electrons. The second-order valence-electron chi connectivity index (χ2n) is 3.10. The van der Waals surface area contributed by atoms with Crippen LogP contribution in [-0.4, -0.2) is 10.0 Å². The number of nitro benzene ring substituents is 1. The molecule has 1 aromatic rings. The quantitative estimate of drug-likeness (QED) is 0.616. The highest BCUT2D eigenvalue weighted by molar-refractivity contribution is 6.32. The molecule has 0 radical (unpaired) electrons. The standard InChI is InChI=1S/C9H11ClN2O3/c1-2-6(11)8-7(12(14)15)4-3-5(10)9(8)13/h3-4,6,13H,2,11H2,1H3/t6-/m1/s1. The van der Waals surface area contributed by atoms with E-state index in [0.717, 1.165) is 0 Å². The van der Waals surface area contributed by atoms with Crippen molar-refractivity contribution in [1.29, 1.82) is 0 Å². The number of phenols is 1. The van der Waals surface area contributed by atoms with E-state index in [-0.39, 0.29) is 22.0 Å². The molecule has 0 aromatic heterocycles. The van der Waals surface area contributed by atoms with Gasteiger partial charge in [0.05, 0.1) is 15.5 Å². The summed E-state index contributed by atoms with van der Waals surface area (Å²) in [5.41, 5.74) is 5.57. The molecule has 1 rings (SSSR count). The molecular formula is C9H11ClN2O3. The summed E-state index contributed by atoms with van der Waals surface area (Å²) in [7, 11) is 0. The first-order chi connectivity index (χ1) is 6.99. The number of rotatable bonds is 3. The van der Waals surface area contributed by atoms with Crippen LogP contribution in [0, 0.1) is 10.1 Å². The zero-order valence-electron chi connectivity index (χ0n) is 8.11. The third kappa shape index (κ3) is 2.19. The lowest BCUT2D eigenvalue weighted by Gasteiger charge is -2.12. The first kappa shape index (κ1) is 11.7. The van der Waals surface area contributed by atoms with Gasteiger partial charge in [0.15, 0.2) is 0 Å².